The van der Waals surface area contributed by atoms with E-state index in [1.807, 2.05) is 4.72 Å². The molecule has 1 aromatic rings. The van der Waals surface area contributed by atoms with Crippen LogP contribution in [0.5, 0.6) is 0 Å². The summed E-state index contributed by atoms with van der Waals surface area (Å²) in [5.74, 6) is -2.93. The summed E-state index contributed by atoms with van der Waals surface area (Å²) in [5.41, 5.74) is 0. The van der Waals surface area contributed by atoms with Crippen molar-refractivity contribution in [2.24, 2.45) is 0 Å². The van der Waals surface area contributed by atoms with Gasteiger partial charge < -0.3 is 10.2 Å². The van der Waals surface area contributed by atoms with Crippen LogP contribution in [-0.2, 0) is 19.6 Å². The fraction of sp³-hybridized carbons (Fsp3) is 0.400. The minimum atomic E-state index is -4.04. The smallest absolute Gasteiger partial charge is 0.322 e. The first-order chi connectivity index (χ1) is 8.63. The maximum absolute atomic E-state index is 12.0. The lowest BCUT2D eigenvalue weighted by Crippen LogP contribution is -2.42. The lowest BCUT2D eigenvalue weighted by molar-refractivity contribution is -0.145. The molecule has 7 nitrogen and oxygen atoms in total. The van der Waals surface area contributed by atoms with Gasteiger partial charge in [0.1, 0.15) is 6.04 Å². The van der Waals surface area contributed by atoms with Gasteiger partial charge in [-0.15, -0.1) is 11.3 Å². The van der Waals surface area contributed by atoms with Gasteiger partial charge in [0.2, 0.25) is 10.0 Å². The Labute approximate surface area is 113 Å². The number of rotatable bonds is 6. The van der Waals surface area contributed by atoms with Crippen LogP contribution in [0.4, 0.5) is 0 Å². The molecule has 1 heterocycles. The number of hydrogen-bond acceptors (Lipinski definition) is 5. The van der Waals surface area contributed by atoms with Crippen LogP contribution < -0.4 is 4.72 Å². The number of carboxylic acids is 2. The van der Waals surface area contributed by atoms with Crippen LogP contribution in [0, 0.1) is 13.8 Å². The predicted molar refractivity (Wildman–Crippen MR) is 67.8 cm³/mol. The van der Waals surface area contributed by atoms with Crippen LogP contribution in [-0.4, -0.2) is 36.6 Å². The van der Waals surface area contributed by atoms with Gasteiger partial charge in [0.15, 0.2) is 0 Å². The number of aliphatic carboxylic acids is 2. The van der Waals surface area contributed by atoms with E-state index in [1.165, 1.54) is 17.4 Å². The Morgan fingerprint density at radius 1 is 1.37 bits per heavy atom. The quantitative estimate of drug-likeness (QED) is 0.706. The molecule has 1 rings (SSSR count). The van der Waals surface area contributed by atoms with Crippen molar-refractivity contribution in [3.8, 4) is 0 Å². The minimum Gasteiger partial charge on any atom is -0.481 e. The molecule has 19 heavy (non-hydrogen) atoms. The van der Waals surface area contributed by atoms with Crippen LogP contribution >= 0.6 is 11.3 Å². The fourth-order valence-corrected chi connectivity index (χ4v) is 4.22. The Hall–Kier alpha value is -1.45. The molecule has 0 spiro atoms. The standard InChI is InChI=1S/C10H13NO6S2/c1-5-3-8(6(2)18-5)19(16,17)11-7(10(14)15)4-9(12)13/h3,7,11H,4H2,1-2H3,(H,12,13)(H,14,15)/t7-/m0/s1. The van der Waals surface area contributed by atoms with Gasteiger partial charge in [-0.2, -0.15) is 4.72 Å². The van der Waals surface area contributed by atoms with E-state index in [2.05, 4.69) is 0 Å². The Balaban J connectivity index is 3.04. The second kappa shape index (κ2) is 5.68. The van der Waals surface area contributed by atoms with E-state index in [0.717, 1.165) is 4.88 Å². The number of hydrogen-bond donors (Lipinski definition) is 3. The topological polar surface area (TPSA) is 121 Å². The molecule has 1 aromatic heterocycles. The summed E-state index contributed by atoms with van der Waals surface area (Å²) in [6.07, 6.45) is -0.823. The zero-order valence-electron chi connectivity index (χ0n) is 10.2. The highest BCUT2D eigenvalue weighted by molar-refractivity contribution is 7.89. The third-order valence-corrected chi connectivity index (χ3v) is 4.95. The summed E-state index contributed by atoms with van der Waals surface area (Å²) >= 11 is 1.26. The molecule has 106 valence electrons. The largest absolute Gasteiger partial charge is 0.481 e. The third kappa shape index (κ3) is 4.01. The van der Waals surface area contributed by atoms with Crippen LogP contribution in [0.1, 0.15) is 16.2 Å². The molecule has 0 fully saturated rings. The maximum atomic E-state index is 12.0. The number of carboxylic acid groups (broad SMARTS) is 2. The summed E-state index contributed by atoms with van der Waals surface area (Å²) in [7, 11) is -4.04. The van der Waals surface area contributed by atoms with E-state index in [9.17, 15) is 18.0 Å². The highest BCUT2D eigenvalue weighted by Gasteiger charge is 2.29. The number of aryl methyl sites for hydroxylation is 2. The molecule has 9 heteroatoms. The van der Waals surface area contributed by atoms with Crippen molar-refractivity contribution < 1.29 is 28.2 Å². The van der Waals surface area contributed by atoms with E-state index in [0.29, 0.717) is 4.88 Å². The van der Waals surface area contributed by atoms with Crippen molar-refractivity contribution in [1.82, 2.24) is 4.72 Å². The molecule has 0 saturated carbocycles. The van der Waals surface area contributed by atoms with Crippen molar-refractivity contribution in [2.75, 3.05) is 0 Å². The lowest BCUT2D eigenvalue weighted by Gasteiger charge is -2.12. The van der Waals surface area contributed by atoms with E-state index in [1.54, 1.807) is 13.8 Å². The van der Waals surface area contributed by atoms with E-state index >= 15 is 0 Å². The minimum absolute atomic E-state index is 0.0216. The fourth-order valence-electron chi connectivity index (χ4n) is 1.48. The normalized spacial score (nSPS) is 13.2. The molecule has 0 bridgehead atoms. The summed E-state index contributed by atoms with van der Waals surface area (Å²) in [4.78, 5) is 22.6. The second-order valence-electron chi connectivity index (χ2n) is 3.89. The average Bonchev–Trinajstić information content (AvgIpc) is 2.56. The SMILES string of the molecule is Cc1cc(S(=O)(=O)N[C@@H](CC(=O)O)C(=O)O)c(C)s1. The summed E-state index contributed by atoms with van der Waals surface area (Å²) < 4.78 is 25.9. The number of thiophene rings is 1. The van der Waals surface area contributed by atoms with Crippen molar-refractivity contribution >= 4 is 33.3 Å². The van der Waals surface area contributed by atoms with Gasteiger partial charge in [-0.1, -0.05) is 0 Å². The molecule has 3 N–H and O–H groups in total. The zero-order chi connectivity index (χ0) is 14.8. The Morgan fingerprint density at radius 2 is 1.95 bits per heavy atom. The molecule has 0 amide bonds. The molecular formula is C10H13NO6S2. The van der Waals surface area contributed by atoms with Crippen LogP contribution in [0.2, 0.25) is 0 Å². The van der Waals surface area contributed by atoms with E-state index < -0.39 is 34.4 Å². The van der Waals surface area contributed by atoms with Gasteiger partial charge in [0, 0.05) is 9.75 Å². The molecule has 0 unspecified atom stereocenters. The molecule has 0 aliphatic rings. The lowest BCUT2D eigenvalue weighted by atomic mass is 10.2. The molecule has 0 aliphatic heterocycles. The molecule has 0 radical (unpaired) electrons. The predicted octanol–water partition coefficient (Wildman–Crippen LogP) is 0.571. The highest BCUT2D eigenvalue weighted by atomic mass is 32.2. The third-order valence-electron chi connectivity index (χ3n) is 2.26. The Morgan fingerprint density at radius 3 is 2.32 bits per heavy atom. The Bertz CT molecular complexity index is 604. The van der Waals surface area contributed by atoms with Gasteiger partial charge >= 0.3 is 11.9 Å². The molecule has 1 atom stereocenters. The first-order valence-corrected chi connectivity index (χ1v) is 7.47. The summed E-state index contributed by atoms with van der Waals surface area (Å²) in [5, 5.41) is 17.4. The van der Waals surface area contributed by atoms with Gasteiger partial charge in [-0.25, -0.2) is 8.42 Å². The van der Waals surface area contributed by atoms with Crippen molar-refractivity contribution in [2.45, 2.75) is 31.2 Å². The van der Waals surface area contributed by atoms with Crippen LogP contribution in [0.15, 0.2) is 11.0 Å². The Kier molecular flexibility index (Phi) is 4.66. The average molecular weight is 307 g/mol. The number of carbonyl (C=O) groups is 2. The van der Waals surface area contributed by atoms with Crippen LogP contribution in [0.25, 0.3) is 0 Å². The molecule has 0 aromatic carbocycles. The van der Waals surface area contributed by atoms with Gasteiger partial charge in [0.25, 0.3) is 0 Å². The van der Waals surface area contributed by atoms with Crippen molar-refractivity contribution in [3.05, 3.63) is 15.8 Å². The van der Waals surface area contributed by atoms with Crippen LogP contribution in [0.3, 0.4) is 0 Å². The monoisotopic (exact) mass is 307 g/mol. The zero-order valence-corrected chi connectivity index (χ0v) is 11.8. The first-order valence-electron chi connectivity index (χ1n) is 5.17. The first kappa shape index (κ1) is 15.6. The molecule has 0 saturated heterocycles. The van der Waals surface area contributed by atoms with Crippen molar-refractivity contribution in [3.63, 3.8) is 0 Å². The highest BCUT2D eigenvalue weighted by Crippen LogP contribution is 2.25. The number of sulfonamides is 1. The second-order valence-corrected chi connectivity index (χ2v) is 7.03. The van der Waals surface area contributed by atoms with Gasteiger partial charge in [0.05, 0.1) is 11.3 Å². The maximum Gasteiger partial charge on any atom is 0.322 e. The molecular weight excluding hydrogens is 294 g/mol. The summed E-state index contributed by atoms with van der Waals surface area (Å²) in [6, 6.07) is -0.274. The number of nitrogens with one attached hydrogen (secondary N) is 1. The van der Waals surface area contributed by atoms with E-state index in [4.69, 9.17) is 10.2 Å². The van der Waals surface area contributed by atoms with E-state index in [-0.39, 0.29) is 4.90 Å². The summed E-state index contributed by atoms with van der Waals surface area (Å²) in [6.45, 7) is 3.32. The van der Waals surface area contributed by atoms with Crippen molar-refractivity contribution in [1.29, 1.82) is 0 Å². The van der Waals surface area contributed by atoms with Gasteiger partial charge in [-0.05, 0) is 19.9 Å². The molecule has 0 aliphatic carbocycles. The van der Waals surface area contributed by atoms with Gasteiger partial charge in [-0.3, -0.25) is 9.59 Å².